The van der Waals surface area contributed by atoms with Gasteiger partial charge >= 0.3 is 0 Å². The number of amides is 2. The Kier molecular flexibility index (Phi) is 9.72. The molecule has 0 aliphatic rings. The van der Waals surface area contributed by atoms with Gasteiger partial charge < -0.3 is 10.2 Å². The number of nitrogens with zero attached hydrogens (tertiary/aromatic N) is 2. The van der Waals surface area contributed by atoms with Crippen molar-refractivity contribution < 1.29 is 18.0 Å². The van der Waals surface area contributed by atoms with E-state index in [4.69, 9.17) is 11.6 Å². The first-order chi connectivity index (χ1) is 17.6. The lowest BCUT2D eigenvalue weighted by Crippen LogP contribution is -2.51. The number of hydrogen-bond donors (Lipinski definition) is 1. The summed E-state index contributed by atoms with van der Waals surface area (Å²) in [6.07, 6.45) is 0. The van der Waals surface area contributed by atoms with Crippen LogP contribution in [-0.4, -0.2) is 44.3 Å². The molecule has 9 heteroatoms. The fourth-order valence-corrected chi connectivity index (χ4v) is 5.36. The third-order valence-electron chi connectivity index (χ3n) is 5.75. The molecule has 0 heterocycles. The molecule has 3 aromatic carbocycles. The number of hydrogen-bond acceptors (Lipinski definition) is 4. The Morgan fingerprint density at radius 2 is 1.51 bits per heavy atom. The van der Waals surface area contributed by atoms with Crippen LogP contribution in [0.1, 0.15) is 26.3 Å². The second kappa shape index (κ2) is 12.7. The van der Waals surface area contributed by atoms with Gasteiger partial charge in [0.15, 0.2) is 0 Å². The van der Waals surface area contributed by atoms with Crippen LogP contribution in [0.5, 0.6) is 0 Å². The van der Waals surface area contributed by atoms with Crippen LogP contribution >= 0.6 is 11.6 Å². The van der Waals surface area contributed by atoms with Gasteiger partial charge in [0.1, 0.15) is 12.6 Å². The Hall–Kier alpha value is -3.36. The Balaban J connectivity index is 1.97. The van der Waals surface area contributed by atoms with E-state index >= 15 is 0 Å². The Morgan fingerprint density at radius 3 is 2.11 bits per heavy atom. The van der Waals surface area contributed by atoms with Gasteiger partial charge in [0.05, 0.1) is 10.6 Å². The second-order valence-corrected chi connectivity index (χ2v) is 11.4. The summed E-state index contributed by atoms with van der Waals surface area (Å²) in [5, 5.41) is 3.36. The highest BCUT2D eigenvalue weighted by Crippen LogP contribution is 2.24. The van der Waals surface area contributed by atoms with Gasteiger partial charge in [-0.3, -0.25) is 13.9 Å². The van der Waals surface area contributed by atoms with Crippen LogP contribution in [0, 0.1) is 5.92 Å². The first kappa shape index (κ1) is 28.2. The van der Waals surface area contributed by atoms with E-state index < -0.39 is 28.5 Å². The molecule has 37 heavy (non-hydrogen) atoms. The minimum absolute atomic E-state index is 0.0655. The van der Waals surface area contributed by atoms with Crippen molar-refractivity contribution in [2.45, 2.75) is 38.3 Å². The maximum Gasteiger partial charge on any atom is 0.264 e. The minimum Gasteiger partial charge on any atom is -0.354 e. The first-order valence-corrected chi connectivity index (χ1v) is 13.9. The molecule has 7 nitrogen and oxygen atoms in total. The Morgan fingerprint density at radius 1 is 0.892 bits per heavy atom. The van der Waals surface area contributed by atoms with Gasteiger partial charge in [-0.2, -0.15) is 0 Å². The summed E-state index contributed by atoms with van der Waals surface area (Å²) < 4.78 is 28.3. The van der Waals surface area contributed by atoms with Gasteiger partial charge in [0.25, 0.3) is 10.0 Å². The molecule has 1 N–H and O–H groups in total. The smallest absolute Gasteiger partial charge is 0.264 e. The molecule has 0 saturated heterocycles. The third kappa shape index (κ3) is 7.57. The minimum atomic E-state index is -4.07. The van der Waals surface area contributed by atoms with Gasteiger partial charge in [-0.15, -0.1) is 0 Å². The summed E-state index contributed by atoms with van der Waals surface area (Å²) in [7, 11) is -4.07. The predicted molar refractivity (Wildman–Crippen MR) is 147 cm³/mol. The van der Waals surface area contributed by atoms with E-state index in [2.05, 4.69) is 5.32 Å². The molecule has 0 aliphatic heterocycles. The summed E-state index contributed by atoms with van der Waals surface area (Å²) in [4.78, 5) is 28.2. The van der Waals surface area contributed by atoms with Gasteiger partial charge in [-0.05, 0) is 54.8 Å². The number of rotatable bonds is 11. The van der Waals surface area contributed by atoms with Gasteiger partial charge in [0.2, 0.25) is 11.8 Å². The normalized spacial score (nSPS) is 12.1. The SMILES string of the molecule is CC(C)CNC(=O)C(C)N(Cc1cccc(Cl)c1)C(=O)CN(c1ccccc1)S(=O)(=O)c1ccccc1. The van der Waals surface area contributed by atoms with Crippen molar-refractivity contribution in [1.82, 2.24) is 10.2 Å². The van der Waals surface area contributed by atoms with Crippen LogP contribution in [0.15, 0.2) is 89.8 Å². The van der Waals surface area contributed by atoms with Crippen molar-refractivity contribution in [3.05, 3.63) is 95.5 Å². The van der Waals surface area contributed by atoms with Crippen LogP contribution in [0.4, 0.5) is 5.69 Å². The fraction of sp³-hybridized carbons (Fsp3) is 0.286. The Bertz CT molecular complexity index is 1300. The van der Waals surface area contributed by atoms with Crippen molar-refractivity contribution in [3.63, 3.8) is 0 Å². The van der Waals surface area contributed by atoms with Crippen LogP contribution in [-0.2, 0) is 26.2 Å². The first-order valence-electron chi connectivity index (χ1n) is 12.0. The lowest BCUT2D eigenvalue weighted by Gasteiger charge is -2.32. The Labute approximate surface area is 224 Å². The molecule has 196 valence electrons. The van der Waals surface area contributed by atoms with Crippen molar-refractivity contribution in [2.24, 2.45) is 5.92 Å². The molecule has 1 unspecified atom stereocenters. The van der Waals surface area contributed by atoms with Crippen LogP contribution < -0.4 is 9.62 Å². The molecule has 0 fully saturated rings. The topological polar surface area (TPSA) is 86.8 Å². The molecule has 1 atom stereocenters. The number of carbonyl (C=O) groups is 2. The average molecular weight is 542 g/mol. The summed E-state index contributed by atoms with van der Waals surface area (Å²) in [6.45, 7) is 5.66. The quantitative estimate of drug-likeness (QED) is 0.380. The molecule has 2 amide bonds. The molecule has 0 spiro atoms. The maximum atomic E-state index is 13.8. The number of benzene rings is 3. The summed E-state index contributed by atoms with van der Waals surface area (Å²) in [6, 6.07) is 22.6. The zero-order chi connectivity index (χ0) is 27.0. The predicted octanol–water partition coefficient (Wildman–Crippen LogP) is 4.72. The van der Waals surface area contributed by atoms with Gasteiger partial charge in [-0.25, -0.2) is 8.42 Å². The van der Waals surface area contributed by atoms with E-state index in [1.165, 1.54) is 17.0 Å². The zero-order valence-corrected chi connectivity index (χ0v) is 22.7. The molecule has 0 bridgehead atoms. The van der Waals surface area contributed by atoms with E-state index in [1.807, 2.05) is 13.8 Å². The van der Waals surface area contributed by atoms with E-state index in [0.717, 1.165) is 9.87 Å². The van der Waals surface area contributed by atoms with Crippen LogP contribution in [0.2, 0.25) is 5.02 Å². The number of nitrogens with one attached hydrogen (secondary N) is 1. The lowest BCUT2D eigenvalue weighted by atomic mass is 10.1. The van der Waals surface area contributed by atoms with E-state index in [-0.39, 0.29) is 23.3 Å². The number of sulfonamides is 1. The number of anilines is 1. The van der Waals surface area contributed by atoms with Crippen molar-refractivity contribution in [2.75, 3.05) is 17.4 Å². The third-order valence-corrected chi connectivity index (χ3v) is 7.77. The molecule has 0 aromatic heterocycles. The van der Waals surface area contributed by atoms with Crippen LogP contribution in [0.25, 0.3) is 0 Å². The van der Waals surface area contributed by atoms with Crippen molar-refractivity contribution in [1.29, 1.82) is 0 Å². The van der Waals surface area contributed by atoms with Crippen molar-refractivity contribution >= 4 is 39.1 Å². The highest BCUT2D eigenvalue weighted by molar-refractivity contribution is 7.92. The number of halogens is 1. The standard InChI is InChI=1S/C28H32ClN3O4S/c1-21(2)18-30-28(34)22(3)31(19-23-11-10-12-24(29)17-23)27(33)20-32(25-13-6-4-7-14-25)37(35,36)26-15-8-5-9-16-26/h4-17,21-22H,18-20H2,1-3H3,(H,30,34). The molecule has 0 aliphatic carbocycles. The molecular weight excluding hydrogens is 510 g/mol. The highest BCUT2D eigenvalue weighted by atomic mass is 35.5. The number of carbonyl (C=O) groups excluding carboxylic acids is 2. The van der Waals surface area contributed by atoms with Crippen LogP contribution in [0.3, 0.4) is 0 Å². The van der Waals surface area contributed by atoms with Gasteiger partial charge in [0, 0.05) is 18.1 Å². The largest absolute Gasteiger partial charge is 0.354 e. The lowest BCUT2D eigenvalue weighted by molar-refractivity contribution is -0.139. The summed E-state index contributed by atoms with van der Waals surface area (Å²) >= 11 is 6.16. The van der Waals surface area contributed by atoms with Crippen molar-refractivity contribution in [3.8, 4) is 0 Å². The molecular formula is C28H32ClN3O4S. The molecule has 0 saturated carbocycles. The fourth-order valence-electron chi connectivity index (χ4n) is 3.71. The van der Waals surface area contributed by atoms with Gasteiger partial charge in [-0.1, -0.05) is 74.0 Å². The highest BCUT2D eigenvalue weighted by Gasteiger charge is 2.32. The number of para-hydroxylation sites is 1. The van der Waals surface area contributed by atoms with E-state index in [1.54, 1.807) is 79.7 Å². The van der Waals surface area contributed by atoms with E-state index in [0.29, 0.717) is 17.3 Å². The maximum absolute atomic E-state index is 13.8. The van der Waals surface area contributed by atoms with E-state index in [9.17, 15) is 18.0 Å². The monoisotopic (exact) mass is 541 g/mol. The zero-order valence-electron chi connectivity index (χ0n) is 21.2. The molecule has 0 radical (unpaired) electrons. The average Bonchev–Trinajstić information content (AvgIpc) is 2.89. The molecule has 3 rings (SSSR count). The second-order valence-electron chi connectivity index (χ2n) is 9.13. The summed E-state index contributed by atoms with van der Waals surface area (Å²) in [5.74, 6) is -0.602. The molecule has 3 aromatic rings. The summed E-state index contributed by atoms with van der Waals surface area (Å²) in [5.41, 5.74) is 1.07.